The summed E-state index contributed by atoms with van der Waals surface area (Å²) in [5.74, 6) is -0.0372. The Balaban J connectivity index is 1.58. The highest BCUT2D eigenvalue weighted by Gasteiger charge is 2.35. The fourth-order valence-electron chi connectivity index (χ4n) is 3.49. The third kappa shape index (κ3) is 4.18. The van der Waals surface area contributed by atoms with Crippen molar-refractivity contribution in [3.63, 3.8) is 0 Å². The van der Waals surface area contributed by atoms with Crippen LogP contribution < -0.4 is 11.5 Å². The van der Waals surface area contributed by atoms with Gasteiger partial charge >= 0.3 is 0 Å². The maximum atomic E-state index is 12.5. The van der Waals surface area contributed by atoms with E-state index in [1.54, 1.807) is 11.1 Å². The summed E-state index contributed by atoms with van der Waals surface area (Å²) in [6.07, 6.45) is 8.27. The normalized spacial score (nSPS) is 21.8. The maximum absolute atomic E-state index is 12.5. The molecule has 3 atom stereocenters. The number of nitrogens with zero attached hydrogens (tertiary/aromatic N) is 3. The number of rotatable bonds is 7. The molecule has 1 aliphatic rings. The summed E-state index contributed by atoms with van der Waals surface area (Å²) in [6.45, 7) is 1.53. The molecule has 0 saturated carbocycles. The van der Waals surface area contributed by atoms with E-state index in [4.69, 9.17) is 11.5 Å². The van der Waals surface area contributed by atoms with Crippen molar-refractivity contribution in [3.8, 4) is 0 Å². The summed E-state index contributed by atoms with van der Waals surface area (Å²) in [5.41, 5.74) is 13.5. The monoisotopic (exact) mass is 345 g/mol. The number of imidazole rings is 1. The van der Waals surface area contributed by atoms with E-state index < -0.39 is 12.1 Å². The van der Waals surface area contributed by atoms with Crippen molar-refractivity contribution in [2.24, 2.45) is 17.4 Å². The molecule has 0 radical (unpaired) electrons. The smallest absolute Gasteiger partial charge is 0.239 e. The summed E-state index contributed by atoms with van der Waals surface area (Å²) in [4.78, 5) is 18.4. The molecule has 136 valence electrons. The third-order valence-electron chi connectivity index (χ3n) is 4.95. The zero-order valence-electron chi connectivity index (χ0n) is 14.4. The van der Waals surface area contributed by atoms with Crippen LogP contribution in [0.15, 0.2) is 30.7 Å². The number of carbonyl (C=O) groups excluding carboxylic acids is 1. The fourth-order valence-corrected chi connectivity index (χ4v) is 3.49. The van der Waals surface area contributed by atoms with E-state index in [9.17, 15) is 9.90 Å². The van der Waals surface area contributed by atoms with Gasteiger partial charge in [-0.3, -0.25) is 4.79 Å². The molecule has 7 heteroatoms. The molecule has 7 nitrogen and oxygen atoms in total. The van der Waals surface area contributed by atoms with Gasteiger partial charge in [0.15, 0.2) is 0 Å². The number of unbranched alkanes of at least 4 members (excludes halogenated alkanes) is 1. The number of amides is 1. The number of pyridine rings is 1. The highest BCUT2D eigenvalue weighted by Crippen LogP contribution is 2.23. The number of nitrogens with two attached hydrogens (primary N) is 2. The first-order valence-corrected chi connectivity index (χ1v) is 8.92. The average molecular weight is 345 g/mol. The van der Waals surface area contributed by atoms with Crippen LogP contribution in [-0.2, 0) is 11.2 Å². The molecule has 3 heterocycles. The molecule has 3 rings (SSSR count). The van der Waals surface area contributed by atoms with Crippen LogP contribution in [0.1, 0.15) is 24.8 Å². The van der Waals surface area contributed by atoms with Crippen molar-refractivity contribution < 1.29 is 9.90 Å². The molecular weight excluding hydrogens is 318 g/mol. The van der Waals surface area contributed by atoms with E-state index in [0.29, 0.717) is 26.1 Å². The van der Waals surface area contributed by atoms with Crippen molar-refractivity contribution in [2.45, 2.75) is 37.8 Å². The predicted octanol–water partition coefficient (Wildman–Crippen LogP) is 0.152. The average Bonchev–Trinajstić information content (AvgIpc) is 3.21. The van der Waals surface area contributed by atoms with E-state index in [1.165, 1.54) is 0 Å². The first-order chi connectivity index (χ1) is 12.1. The lowest BCUT2D eigenvalue weighted by Gasteiger charge is -2.20. The summed E-state index contributed by atoms with van der Waals surface area (Å²) >= 11 is 0. The van der Waals surface area contributed by atoms with Crippen LogP contribution in [0.5, 0.6) is 0 Å². The van der Waals surface area contributed by atoms with E-state index in [2.05, 4.69) is 4.98 Å². The van der Waals surface area contributed by atoms with E-state index in [-0.39, 0.29) is 11.8 Å². The van der Waals surface area contributed by atoms with Gasteiger partial charge in [0.1, 0.15) is 5.65 Å². The first kappa shape index (κ1) is 17.8. The van der Waals surface area contributed by atoms with Crippen LogP contribution in [0.2, 0.25) is 0 Å². The molecule has 0 bridgehead atoms. The molecule has 2 aromatic heterocycles. The van der Waals surface area contributed by atoms with Gasteiger partial charge in [-0.2, -0.15) is 0 Å². The van der Waals surface area contributed by atoms with Crippen LogP contribution >= 0.6 is 0 Å². The predicted molar refractivity (Wildman–Crippen MR) is 95.9 cm³/mol. The fraction of sp³-hybridized carbons (Fsp3) is 0.556. The second-order valence-electron chi connectivity index (χ2n) is 6.90. The number of carbonyl (C=O) groups is 1. The molecule has 5 N–H and O–H groups in total. The molecule has 0 aromatic carbocycles. The lowest BCUT2D eigenvalue weighted by atomic mass is 9.98. The Morgan fingerprint density at radius 2 is 2.20 bits per heavy atom. The number of aliphatic hydroxyl groups is 1. The van der Waals surface area contributed by atoms with Gasteiger partial charge in [-0.05, 0) is 37.4 Å². The first-order valence-electron chi connectivity index (χ1n) is 8.92. The third-order valence-corrected chi connectivity index (χ3v) is 4.95. The number of hydrogen-bond donors (Lipinski definition) is 3. The van der Waals surface area contributed by atoms with Gasteiger partial charge in [-0.15, -0.1) is 0 Å². The zero-order valence-corrected chi connectivity index (χ0v) is 14.4. The molecule has 0 aliphatic carbocycles. The molecule has 2 aromatic rings. The number of hydrogen-bond acceptors (Lipinski definition) is 5. The molecular formula is C18H27N5O2. The molecule has 1 aliphatic heterocycles. The van der Waals surface area contributed by atoms with Crippen LogP contribution in [0.3, 0.4) is 0 Å². The lowest BCUT2D eigenvalue weighted by Crippen LogP contribution is -2.43. The SMILES string of the molecule is NCCCC[C@H](N)C(=O)N1C[C@@H](Cc2ccc3nccn3c2)[C@@H](O)C1. The quantitative estimate of drug-likeness (QED) is 0.619. The number of aliphatic hydroxyl groups excluding tert-OH is 1. The molecule has 25 heavy (non-hydrogen) atoms. The van der Waals surface area contributed by atoms with Crippen molar-refractivity contribution in [1.82, 2.24) is 14.3 Å². The topological polar surface area (TPSA) is 110 Å². The largest absolute Gasteiger partial charge is 0.391 e. The molecule has 1 amide bonds. The summed E-state index contributed by atoms with van der Waals surface area (Å²) < 4.78 is 1.97. The van der Waals surface area contributed by atoms with Crippen molar-refractivity contribution in [2.75, 3.05) is 19.6 Å². The molecule has 0 unspecified atom stereocenters. The Hall–Kier alpha value is -1.96. The van der Waals surface area contributed by atoms with Gasteiger partial charge in [0, 0.05) is 37.6 Å². The second kappa shape index (κ2) is 7.95. The van der Waals surface area contributed by atoms with Gasteiger partial charge < -0.3 is 25.9 Å². The minimum atomic E-state index is -0.515. The van der Waals surface area contributed by atoms with Gasteiger partial charge in [-0.1, -0.05) is 12.5 Å². The second-order valence-corrected chi connectivity index (χ2v) is 6.90. The number of likely N-dealkylation sites (tertiary alicyclic amines) is 1. The van der Waals surface area contributed by atoms with E-state index >= 15 is 0 Å². The van der Waals surface area contributed by atoms with Crippen LogP contribution in [0.4, 0.5) is 0 Å². The highest BCUT2D eigenvalue weighted by atomic mass is 16.3. The van der Waals surface area contributed by atoms with Crippen molar-refractivity contribution >= 4 is 11.6 Å². The van der Waals surface area contributed by atoms with Crippen LogP contribution in [0, 0.1) is 5.92 Å². The van der Waals surface area contributed by atoms with Gasteiger partial charge in [0.2, 0.25) is 5.91 Å². The van der Waals surface area contributed by atoms with Crippen molar-refractivity contribution in [1.29, 1.82) is 0 Å². The molecule has 1 fully saturated rings. The van der Waals surface area contributed by atoms with Crippen molar-refractivity contribution in [3.05, 3.63) is 36.3 Å². The summed E-state index contributed by atoms with van der Waals surface area (Å²) in [6, 6.07) is 3.49. The number of fused-ring (bicyclic) bond motifs is 1. The Bertz CT molecular complexity index is 716. The number of aromatic nitrogens is 2. The standard InChI is InChI=1S/C18H27N5O2/c19-6-2-1-3-15(20)18(25)23-11-14(16(24)12-23)9-13-4-5-17-21-7-8-22(17)10-13/h4-5,7-8,10,14-16,24H,1-3,6,9,11-12,19-20H2/t14-,15+,16+/m1/s1. The van der Waals surface area contributed by atoms with Gasteiger partial charge in [0.25, 0.3) is 0 Å². The summed E-state index contributed by atoms with van der Waals surface area (Å²) in [7, 11) is 0. The Kier molecular flexibility index (Phi) is 5.67. The Morgan fingerprint density at radius 3 is 3.00 bits per heavy atom. The van der Waals surface area contributed by atoms with Crippen LogP contribution in [0.25, 0.3) is 5.65 Å². The number of β-amino-alcohol motifs (C(OH)–C–C–N with tert-alkyl or cyclic N) is 1. The van der Waals surface area contributed by atoms with E-state index in [0.717, 1.165) is 30.5 Å². The minimum absolute atomic E-state index is 0.0289. The Labute approximate surface area is 147 Å². The lowest BCUT2D eigenvalue weighted by molar-refractivity contribution is -0.132. The highest BCUT2D eigenvalue weighted by molar-refractivity contribution is 5.82. The molecule has 0 spiro atoms. The zero-order chi connectivity index (χ0) is 17.8. The maximum Gasteiger partial charge on any atom is 0.239 e. The minimum Gasteiger partial charge on any atom is -0.391 e. The van der Waals surface area contributed by atoms with Gasteiger partial charge in [0.05, 0.1) is 12.1 Å². The van der Waals surface area contributed by atoms with E-state index in [1.807, 2.05) is 28.9 Å². The summed E-state index contributed by atoms with van der Waals surface area (Å²) in [5, 5.41) is 10.4. The van der Waals surface area contributed by atoms with Crippen LogP contribution in [-0.4, -0.2) is 57.1 Å². The molecule has 1 saturated heterocycles. The van der Waals surface area contributed by atoms with Gasteiger partial charge in [-0.25, -0.2) is 4.98 Å². The Morgan fingerprint density at radius 1 is 1.36 bits per heavy atom.